The van der Waals surface area contributed by atoms with Crippen molar-refractivity contribution in [2.45, 2.75) is 110 Å². The minimum atomic E-state index is -0.653. The maximum atomic E-state index is 10.3. The maximum absolute atomic E-state index is 10.3. The summed E-state index contributed by atoms with van der Waals surface area (Å²) in [6.07, 6.45) is 20.2. The molecule has 0 aromatic rings. The molecule has 1 N–H and O–H groups in total. The Morgan fingerprint density at radius 2 is 0.833 bits per heavy atom. The zero-order valence-electron chi connectivity index (χ0n) is 16.5. The Balaban J connectivity index is -0.00000102. The molecular formula is C22H44O2. The minimum Gasteiger partial charge on any atom is -0.481 e. The normalized spacial score (nSPS) is 9.38. The van der Waals surface area contributed by atoms with Crippen LogP contribution in [0.25, 0.3) is 0 Å². The van der Waals surface area contributed by atoms with Crippen LogP contribution in [0, 0.1) is 0 Å². The third-order valence-corrected chi connectivity index (χ3v) is 3.99. The van der Waals surface area contributed by atoms with E-state index >= 15 is 0 Å². The van der Waals surface area contributed by atoms with Crippen LogP contribution in [0.2, 0.25) is 0 Å². The number of hydrogen-bond donors (Lipinski definition) is 1. The quantitative estimate of drug-likeness (QED) is 0.229. The van der Waals surface area contributed by atoms with Gasteiger partial charge in [0, 0.05) is 6.42 Å². The van der Waals surface area contributed by atoms with Crippen LogP contribution in [0.15, 0.2) is 26.3 Å². The van der Waals surface area contributed by atoms with Gasteiger partial charge in [0.2, 0.25) is 0 Å². The van der Waals surface area contributed by atoms with Gasteiger partial charge in [-0.25, -0.2) is 0 Å². The van der Waals surface area contributed by atoms with Gasteiger partial charge in [-0.3, -0.25) is 4.79 Å². The monoisotopic (exact) mass is 340 g/mol. The van der Waals surface area contributed by atoms with Gasteiger partial charge in [-0.05, 0) is 6.42 Å². The van der Waals surface area contributed by atoms with Crippen molar-refractivity contribution in [3.8, 4) is 0 Å². The highest BCUT2D eigenvalue weighted by molar-refractivity contribution is 5.66. The van der Waals surface area contributed by atoms with Crippen molar-refractivity contribution in [2.24, 2.45) is 0 Å². The van der Waals surface area contributed by atoms with E-state index in [1.807, 2.05) is 0 Å². The predicted molar refractivity (Wildman–Crippen MR) is 110 cm³/mol. The second-order valence-corrected chi connectivity index (χ2v) is 6.09. The number of carboxylic acids is 1. The molecule has 0 unspecified atom stereocenters. The molecule has 0 spiro atoms. The summed E-state index contributed by atoms with van der Waals surface area (Å²) in [5.41, 5.74) is 0. The van der Waals surface area contributed by atoms with Crippen molar-refractivity contribution in [3.05, 3.63) is 26.3 Å². The van der Waals surface area contributed by atoms with Gasteiger partial charge in [0.25, 0.3) is 0 Å². The molecule has 0 aliphatic carbocycles. The van der Waals surface area contributed by atoms with E-state index in [1.54, 1.807) is 0 Å². The Kier molecular flexibility index (Phi) is 34.6. The molecule has 144 valence electrons. The number of carbonyl (C=O) groups is 1. The maximum Gasteiger partial charge on any atom is 0.303 e. The Morgan fingerprint density at radius 3 is 1.08 bits per heavy atom. The first kappa shape index (κ1) is 27.8. The Hall–Kier alpha value is -1.05. The summed E-state index contributed by atoms with van der Waals surface area (Å²) in [5, 5.41) is 8.52. The van der Waals surface area contributed by atoms with Crippen LogP contribution in [-0.4, -0.2) is 11.1 Å². The van der Waals surface area contributed by atoms with Gasteiger partial charge in [-0.2, -0.15) is 0 Å². The smallest absolute Gasteiger partial charge is 0.303 e. The van der Waals surface area contributed by atoms with Crippen molar-refractivity contribution in [1.82, 2.24) is 0 Å². The summed E-state index contributed by atoms with van der Waals surface area (Å²) in [5.74, 6) is -0.653. The Bertz CT molecular complexity index is 224. The Morgan fingerprint density at radius 1 is 0.583 bits per heavy atom. The topological polar surface area (TPSA) is 37.3 Å². The fourth-order valence-electron chi connectivity index (χ4n) is 2.65. The van der Waals surface area contributed by atoms with Gasteiger partial charge >= 0.3 is 5.97 Å². The molecule has 0 bridgehead atoms. The predicted octanol–water partition coefficient (Wildman–Crippen LogP) is 7.94. The average Bonchev–Trinajstić information content (AvgIpc) is 2.61. The van der Waals surface area contributed by atoms with Gasteiger partial charge in [0.1, 0.15) is 0 Å². The van der Waals surface area contributed by atoms with E-state index in [1.165, 1.54) is 83.5 Å². The van der Waals surface area contributed by atoms with Crippen molar-refractivity contribution in [1.29, 1.82) is 0 Å². The molecule has 0 aliphatic heterocycles. The molecular weight excluding hydrogens is 296 g/mol. The molecule has 0 atom stereocenters. The highest BCUT2D eigenvalue weighted by atomic mass is 16.4. The fraction of sp³-hybridized carbons (Fsp3) is 0.773. The van der Waals surface area contributed by atoms with Gasteiger partial charge in [-0.15, -0.1) is 26.3 Å². The van der Waals surface area contributed by atoms with Crippen molar-refractivity contribution < 1.29 is 9.90 Å². The molecule has 0 aliphatic rings. The lowest BCUT2D eigenvalue weighted by Gasteiger charge is -2.03. The van der Waals surface area contributed by atoms with Crippen LogP contribution in [0.5, 0.6) is 0 Å². The van der Waals surface area contributed by atoms with E-state index in [2.05, 4.69) is 33.2 Å². The summed E-state index contributed by atoms with van der Waals surface area (Å²) in [4.78, 5) is 10.3. The Labute approximate surface area is 152 Å². The van der Waals surface area contributed by atoms with E-state index < -0.39 is 5.97 Å². The van der Waals surface area contributed by atoms with E-state index in [0.717, 1.165) is 12.8 Å². The van der Waals surface area contributed by atoms with E-state index in [9.17, 15) is 4.79 Å². The molecule has 2 heteroatoms. The van der Waals surface area contributed by atoms with Gasteiger partial charge in [0.05, 0.1) is 0 Å². The van der Waals surface area contributed by atoms with Crippen LogP contribution in [0.1, 0.15) is 110 Å². The number of rotatable bonds is 16. The van der Waals surface area contributed by atoms with E-state index in [4.69, 9.17) is 5.11 Å². The first-order chi connectivity index (χ1) is 11.8. The highest BCUT2D eigenvalue weighted by Gasteiger charge is 1.97. The lowest BCUT2D eigenvalue weighted by atomic mass is 10.0. The highest BCUT2D eigenvalue weighted by Crippen LogP contribution is 2.13. The van der Waals surface area contributed by atoms with Crippen molar-refractivity contribution in [3.63, 3.8) is 0 Å². The summed E-state index contributed by atoms with van der Waals surface area (Å²) in [7, 11) is 0. The summed E-state index contributed by atoms with van der Waals surface area (Å²) < 4.78 is 0. The first-order valence-electron chi connectivity index (χ1n) is 9.99. The molecule has 0 aromatic heterocycles. The number of unbranched alkanes of at least 4 members (excludes halogenated alkanes) is 14. The largest absolute Gasteiger partial charge is 0.481 e. The molecule has 0 fully saturated rings. The number of carboxylic acid groups (broad SMARTS) is 1. The number of aliphatic carboxylic acids is 1. The zero-order valence-corrected chi connectivity index (χ0v) is 16.5. The molecule has 24 heavy (non-hydrogen) atoms. The molecule has 0 rings (SSSR count). The zero-order chi connectivity index (χ0) is 18.9. The molecule has 0 radical (unpaired) electrons. The lowest BCUT2D eigenvalue weighted by Crippen LogP contribution is -1.93. The van der Waals surface area contributed by atoms with Crippen molar-refractivity contribution in [2.75, 3.05) is 0 Å². The SMILES string of the molecule is C=C.C=C.CCCCCCCCCCCCCCCCCC(=O)O. The summed E-state index contributed by atoms with van der Waals surface area (Å²) in [6.45, 7) is 14.3. The third-order valence-electron chi connectivity index (χ3n) is 3.99. The fourth-order valence-corrected chi connectivity index (χ4v) is 2.65. The second-order valence-electron chi connectivity index (χ2n) is 6.09. The van der Waals surface area contributed by atoms with Crippen molar-refractivity contribution >= 4 is 5.97 Å². The van der Waals surface area contributed by atoms with Crippen LogP contribution in [0.3, 0.4) is 0 Å². The summed E-state index contributed by atoms with van der Waals surface area (Å²) in [6, 6.07) is 0. The molecule has 0 saturated carbocycles. The second kappa shape index (κ2) is 29.9. The van der Waals surface area contributed by atoms with E-state index in [0.29, 0.717) is 6.42 Å². The average molecular weight is 341 g/mol. The minimum absolute atomic E-state index is 0.345. The first-order valence-corrected chi connectivity index (χ1v) is 9.99. The molecule has 0 saturated heterocycles. The van der Waals surface area contributed by atoms with Gasteiger partial charge in [-0.1, -0.05) is 96.8 Å². The lowest BCUT2D eigenvalue weighted by molar-refractivity contribution is -0.137. The summed E-state index contributed by atoms with van der Waals surface area (Å²) >= 11 is 0. The molecule has 0 amide bonds. The van der Waals surface area contributed by atoms with E-state index in [-0.39, 0.29) is 0 Å². The molecule has 0 heterocycles. The van der Waals surface area contributed by atoms with Crippen LogP contribution >= 0.6 is 0 Å². The molecule has 0 aromatic carbocycles. The van der Waals surface area contributed by atoms with Crippen LogP contribution in [0.4, 0.5) is 0 Å². The number of hydrogen-bond acceptors (Lipinski definition) is 1. The van der Waals surface area contributed by atoms with Crippen LogP contribution < -0.4 is 0 Å². The van der Waals surface area contributed by atoms with Gasteiger partial charge in [0.15, 0.2) is 0 Å². The van der Waals surface area contributed by atoms with Crippen LogP contribution in [-0.2, 0) is 4.79 Å². The third kappa shape index (κ3) is 32.8. The molecule has 2 nitrogen and oxygen atoms in total. The van der Waals surface area contributed by atoms with Gasteiger partial charge < -0.3 is 5.11 Å². The standard InChI is InChI=1S/C18H36O2.2C2H4/c1-2-3-4-5-6-7-8-9-10-11-12-13-14-15-16-17-18(19)20;2*1-2/h2-17H2,1H3,(H,19,20);2*1-2H2.